The fraction of sp³-hybridized carbons (Fsp3) is 0.727. The van der Waals surface area contributed by atoms with E-state index in [0.717, 1.165) is 0 Å². The van der Waals surface area contributed by atoms with E-state index in [-0.39, 0.29) is 5.92 Å². The van der Waals surface area contributed by atoms with Crippen LogP contribution in [0, 0.1) is 5.92 Å². The van der Waals surface area contributed by atoms with Crippen molar-refractivity contribution in [3.05, 3.63) is 0 Å². The van der Waals surface area contributed by atoms with Gasteiger partial charge in [-0.3, -0.25) is 9.59 Å². The van der Waals surface area contributed by atoms with Gasteiger partial charge in [0.2, 0.25) is 5.78 Å². The number of carboxylic acids is 1. The maximum atomic E-state index is 11.8. The summed E-state index contributed by atoms with van der Waals surface area (Å²) in [6.45, 7) is 3.89. The van der Waals surface area contributed by atoms with Gasteiger partial charge in [0.25, 0.3) is 5.91 Å². The largest absolute Gasteiger partial charge is 0.480 e. The summed E-state index contributed by atoms with van der Waals surface area (Å²) in [6.07, 6.45) is 1.68. The minimum atomic E-state index is -1.03. The van der Waals surface area contributed by atoms with Crippen molar-refractivity contribution in [2.45, 2.75) is 39.2 Å². The van der Waals surface area contributed by atoms with E-state index in [1.165, 1.54) is 4.90 Å². The lowest BCUT2D eigenvalue weighted by Gasteiger charge is -2.21. The Morgan fingerprint density at radius 3 is 2.56 bits per heavy atom. The van der Waals surface area contributed by atoms with Crippen molar-refractivity contribution < 1.29 is 19.5 Å². The van der Waals surface area contributed by atoms with Crippen molar-refractivity contribution in [2.75, 3.05) is 6.54 Å². The first-order chi connectivity index (χ1) is 7.49. The molecule has 1 N–H and O–H groups in total. The van der Waals surface area contributed by atoms with E-state index in [9.17, 15) is 14.4 Å². The molecule has 1 aliphatic heterocycles. The topological polar surface area (TPSA) is 74.7 Å². The van der Waals surface area contributed by atoms with E-state index in [2.05, 4.69) is 0 Å². The van der Waals surface area contributed by atoms with Crippen molar-refractivity contribution >= 4 is 17.7 Å². The minimum absolute atomic E-state index is 0.331. The summed E-state index contributed by atoms with van der Waals surface area (Å²) in [5.41, 5.74) is 0. The van der Waals surface area contributed by atoms with Crippen molar-refractivity contribution in [1.82, 2.24) is 4.90 Å². The number of likely N-dealkylation sites (tertiary alicyclic amines) is 1. The van der Waals surface area contributed by atoms with Gasteiger partial charge in [-0.05, 0) is 19.3 Å². The Kier molecular flexibility index (Phi) is 4.04. The molecule has 0 radical (unpaired) electrons. The zero-order valence-corrected chi connectivity index (χ0v) is 9.60. The Morgan fingerprint density at radius 2 is 2.06 bits per heavy atom. The third-order valence-electron chi connectivity index (χ3n) is 3.07. The molecule has 1 amide bonds. The first kappa shape index (κ1) is 12.7. The second-order valence-corrected chi connectivity index (χ2v) is 4.17. The Labute approximate surface area is 94.4 Å². The summed E-state index contributed by atoms with van der Waals surface area (Å²) in [7, 11) is 0. The number of Topliss-reactive ketones (excluding diaryl/α,β-unsaturated/α-hetero) is 1. The molecule has 0 aromatic heterocycles. The van der Waals surface area contributed by atoms with Gasteiger partial charge >= 0.3 is 5.97 Å². The fourth-order valence-corrected chi connectivity index (χ4v) is 1.80. The molecular weight excluding hydrogens is 210 g/mol. The Balaban J connectivity index is 2.73. The maximum Gasteiger partial charge on any atom is 0.326 e. The fourth-order valence-electron chi connectivity index (χ4n) is 1.80. The van der Waals surface area contributed by atoms with Crippen LogP contribution in [-0.2, 0) is 14.4 Å². The molecule has 1 rings (SSSR count). The lowest BCUT2D eigenvalue weighted by Crippen LogP contribution is -2.45. The van der Waals surface area contributed by atoms with Gasteiger partial charge in [0.15, 0.2) is 0 Å². The van der Waals surface area contributed by atoms with E-state index in [4.69, 9.17) is 5.11 Å². The lowest BCUT2D eigenvalue weighted by atomic mass is 10.0. The lowest BCUT2D eigenvalue weighted by molar-refractivity contribution is -0.153. The zero-order chi connectivity index (χ0) is 12.3. The van der Waals surface area contributed by atoms with Gasteiger partial charge in [0.05, 0.1) is 0 Å². The highest BCUT2D eigenvalue weighted by atomic mass is 16.4. The average molecular weight is 227 g/mol. The summed E-state index contributed by atoms with van der Waals surface area (Å²) in [5, 5.41) is 8.90. The number of carbonyl (C=O) groups is 3. The van der Waals surface area contributed by atoms with Gasteiger partial charge in [-0.2, -0.15) is 0 Å². The SMILES string of the molecule is CCC(C)C(=O)C(=O)N1CCC[C@H]1C(=O)O. The number of hydrogen-bond acceptors (Lipinski definition) is 3. The van der Waals surface area contributed by atoms with Crippen molar-refractivity contribution in [2.24, 2.45) is 5.92 Å². The van der Waals surface area contributed by atoms with Crippen LogP contribution in [0.3, 0.4) is 0 Å². The number of carbonyl (C=O) groups excluding carboxylic acids is 2. The number of hydrogen-bond donors (Lipinski definition) is 1. The smallest absolute Gasteiger partial charge is 0.326 e. The normalized spacial score (nSPS) is 21.9. The summed E-state index contributed by atoms with van der Waals surface area (Å²) in [6, 6.07) is -0.819. The first-order valence-corrected chi connectivity index (χ1v) is 5.56. The summed E-state index contributed by atoms with van der Waals surface area (Å²) in [5.74, 6) is -2.47. The number of nitrogens with zero attached hydrogens (tertiary/aromatic N) is 1. The van der Waals surface area contributed by atoms with Crippen molar-refractivity contribution in [3.63, 3.8) is 0 Å². The van der Waals surface area contributed by atoms with E-state index < -0.39 is 23.7 Å². The van der Waals surface area contributed by atoms with Crippen LogP contribution >= 0.6 is 0 Å². The summed E-state index contributed by atoms with van der Waals surface area (Å²) in [4.78, 5) is 35.5. The molecule has 0 bridgehead atoms. The molecule has 0 aromatic rings. The molecule has 1 heterocycles. The van der Waals surface area contributed by atoms with Gasteiger partial charge in [-0.15, -0.1) is 0 Å². The predicted octanol–water partition coefficient (Wildman–Crippen LogP) is 0.677. The molecule has 0 aliphatic carbocycles. The Morgan fingerprint density at radius 1 is 1.44 bits per heavy atom. The number of rotatable bonds is 4. The molecule has 1 aliphatic rings. The van der Waals surface area contributed by atoms with Gasteiger partial charge in [0, 0.05) is 12.5 Å². The third-order valence-corrected chi connectivity index (χ3v) is 3.07. The highest BCUT2D eigenvalue weighted by molar-refractivity contribution is 6.37. The van der Waals surface area contributed by atoms with E-state index in [1.54, 1.807) is 6.92 Å². The molecule has 0 saturated carbocycles. The van der Waals surface area contributed by atoms with Crippen LogP contribution in [0.4, 0.5) is 0 Å². The Bertz CT molecular complexity index is 313. The van der Waals surface area contributed by atoms with Crippen molar-refractivity contribution in [3.8, 4) is 0 Å². The number of amides is 1. The van der Waals surface area contributed by atoms with Gasteiger partial charge in [-0.25, -0.2) is 4.79 Å². The zero-order valence-electron chi connectivity index (χ0n) is 9.60. The molecule has 5 heteroatoms. The summed E-state index contributed by atoms with van der Waals surface area (Å²) < 4.78 is 0. The molecule has 2 atom stereocenters. The average Bonchev–Trinajstić information content (AvgIpc) is 2.74. The van der Waals surface area contributed by atoms with Crippen LogP contribution in [0.2, 0.25) is 0 Å². The molecule has 5 nitrogen and oxygen atoms in total. The quantitative estimate of drug-likeness (QED) is 0.716. The monoisotopic (exact) mass is 227 g/mol. The minimum Gasteiger partial charge on any atom is -0.480 e. The predicted molar refractivity (Wildman–Crippen MR) is 56.8 cm³/mol. The summed E-state index contributed by atoms with van der Waals surface area (Å²) >= 11 is 0. The van der Waals surface area contributed by atoms with Gasteiger partial charge in [-0.1, -0.05) is 13.8 Å². The number of ketones is 1. The van der Waals surface area contributed by atoms with E-state index in [1.807, 2.05) is 6.92 Å². The molecule has 0 aromatic carbocycles. The molecule has 1 saturated heterocycles. The maximum absolute atomic E-state index is 11.8. The number of aliphatic carboxylic acids is 1. The molecule has 0 spiro atoms. The van der Waals surface area contributed by atoms with Crippen molar-refractivity contribution in [1.29, 1.82) is 0 Å². The molecule has 1 fully saturated rings. The van der Waals surface area contributed by atoms with Gasteiger partial charge in [0.1, 0.15) is 6.04 Å². The van der Waals surface area contributed by atoms with Crippen LogP contribution in [0.15, 0.2) is 0 Å². The standard InChI is InChI=1S/C11H17NO4/c1-3-7(2)9(13)10(14)12-6-4-5-8(12)11(15)16/h7-8H,3-6H2,1-2H3,(H,15,16)/t7?,8-/m0/s1. The Hall–Kier alpha value is -1.39. The number of carboxylic acid groups (broad SMARTS) is 1. The highest BCUT2D eigenvalue weighted by Gasteiger charge is 2.37. The first-order valence-electron chi connectivity index (χ1n) is 5.56. The van der Waals surface area contributed by atoms with Crippen LogP contribution in [0.5, 0.6) is 0 Å². The highest BCUT2D eigenvalue weighted by Crippen LogP contribution is 2.19. The van der Waals surface area contributed by atoms with Crippen LogP contribution in [0.25, 0.3) is 0 Å². The van der Waals surface area contributed by atoms with Crippen LogP contribution < -0.4 is 0 Å². The molecule has 1 unspecified atom stereocenters. The molecular formula is C11H17NO4. The third kappa shape index (κ3) is 2.40. The molecule has 16 heavy (non-hydrogen) atoms. The van der Waals surface area contributed by atoms with Gasteiger partial charge < -0.3 is 10.0 Å². The second-order valence-electron chi connectivity index (χ2n) is 4.17. The second kappa shape index (κ2) is 5.09. The molecule has 90 valence electrons. The van der Waals surface area contributed by atoms with Crippen LogP contribution in [-0.4, -0.2) is 40.3 Å². The van der Waals surface area contributed by atoms with E-state index in [0.29, 0.717) is 25.8 Å². The van der Waals surface area contributed by atoms with E-state index >= 15 is 0 Å². The van der Waals surface area contributed by atoms with Crippen LogP contribution in [0.1, 0.15) is 33.1 Å².